The first-order valence-corrected chi connectivity index (χ1v) is 6.45. The van der Waals surface area contributed by atoms with Gasteiger partial charge in [0, 0.05) is 6.04 Å². The minimum absolute atomic E-state index is 0.271. The standard InChI is InChI=1S/C13H21N3O2/c1-9(2)11-4-3-7-16(11)8-10-5-6-12(18-10)13(17)15-14/h5-6,9,11H,3-4,7-8,14H2,1-2H3,(H,15,17). The van der Waals surface area contributed by atoms with Crippen LogP contribution < -0.4 is 11.3 Å². The zero-order chi connectivity index (χ0) is 13.1. The molecule has 1 atom stereocenters. The normalized spacial score (nSPS) is 20.6. The number of nitrogens with one attached hydrogen (secondary N) is 1. The van der Waals surface area contributed by atoms with Crippen LogP contribution in [-0.2, 0) is 6.54 Å². The number of nitrogen functional groups attached to an aromatic ring is 1. The van der Waals surface area contributed by atoms with Gasteiger partial charge < -0.3 is 4.42 Å². The largest absolute Gasteiger partial charge is 0.455 e. The molecule has 0 saturated carbocycles. The lowest BCUT2D eigenvalue weighted by Crippen LogP contribution is -2.32. The van der Waals surface area contributed by atoms with Crippen molar-refractivity contribution in [2.75, 3.05) is 6.54 Å². The van der Waals surface area contributed by atoms with Gasteiger partial charge in [0.2, 0.25) is 0 Å². The highest BCUT2D eigenvalue weighted by molar-refractivity contribution is 5.90. The summed E-state index contributed by atoms with van der Waals surface area (Å²) in [5, 5.41) is 0. The van der Waals surface area contributed by atoms with Gasteiger partial charge in [0.1, 0.15) is 5.76 Å². The molecule has 2 heterocycles. The summed E-state index contributed by atoms with van der Waals surface area (Å²) < 4.78 is 5.49. The lowest BCUT2D eigenvalue weighted by atomic mass is 10.0. The first-order chi connectivity index (χ1) is 8.61. The van der Waals surface area contributed by atoms with Gasteiger partial charge in [-0.3, -0.25) is 15.1 Å². The first kappa shape index (κ1) is 13.1. The van der Waals surface area contributed by atoms with Gasteiger partial charge in [-0.15, -0.1) is 0 Å². The van der Waals surface area contributed by atoms with E-state index in [1.165, 1.54) is 12.8 Å². The van der Waals surface area contributed by atoms with Gasteiger partial charge in [-0.2, -0.15) is 0 Å². The summed E-state index contributed by atoms with van der Waals surface area (Å²) in [7, 11) is 0. The van der Waals surface area contributed by atoms with Gasteiger partial charge in [-0.25, -0.2) is 5.84 Å². The van der Waals surface area contributed by atoms with E-state index in [4.69, 9.17) is 10.3 Å². The number of carbonyl (C=O) groups excluding carboxylic acids is 1. The van der Waals surface area contributed by atoms with E-state index >= 15 is 0 Å². The van der Waals surface area contributed by atoms with E-state index in [9.17, 15) is 4.79 Å². The van der Waals surface area contributed by atoms with E-state index in [1.807, 2.05) is 6.07 Å². The van der Waals surface area contributed by atoms with Crippen LogP contribution in [0.25, 0.3) is 0 Å². The lowest BCUT2D eigenvalue weighted by Gasteiger charge is -2.26. The predicted molar refractivity (Wildman–Crippen MR) is 68.6 cm³/mol. The number of hydrazine groups is 1. The fraction of sp³-hybridized carbons (Fsp3) is 0.615. The van der Waals surface area contributed by atoms with Gasteiger partial charge >= 0.3 is 5.91 Å². The van der Waals surface area contributed by atoms with Crippen molar-refractivity contribution in [2.24, 2.45) is 11.8 Å². The Bertz CT molecular complexity index is 414. The molecule has 1 aliphatic heterocycles. The van der Waals surface area contributed by atoms with E-state index in [0.717, 1.165) is 18.8 Å². The first-order valence-electron chi connectivity index (χ1n) is 6.45. The van der Waals surface area contributed by atoms with Gasteiger partial charge in [-0.1, -0.05) is 13.8 Å². The van der Waals surface area contributed by atoms with Crippen molar-refractivity contribution < 1.29 is 9.21 Å². The van der Waals surface area contributed by atoms with E-state index in [2.05, 4.69) is 24.2 Å². The second-order valence-electron chi connectivity index (χ2n) is 5.16. The maximum Gasteiger partial charge on any atom is 0.300 e. The van der Waals surface area contributed by atoms with Crippen molar-refractivity contribution in [3.8, 4) is 0 Å². The van der Waals surface area contributed by atoms with Crippen molar-refractivity contribution in [3.05, 3.63) is 23.7 Å². The Balaban J connectivity index is 2.01. The van der Waals surface area contributed by atoms with Crippen LogP contribution in [0.2, 0.25) is 0 Å². The molecular weight excluding hydrogens is 230 g/mol. The maximum absolute atomic E-state index is 11.3. The highest BCUT2D eigenvalue weighted by atomic mass is 16.4. The zero-order valence-corrected chi connectivity index (χ0v) is 11.0. The molecule has 100 valence electrons. The molecule has 1 aliphatic rings. The highest BCUT2D eigenvalue weighted by Gasteiger charge is 2.27. The molecule has 0 spiro atoms. The SMILES string of the molecule is CC(C)C1CCCN1Cc1ccc(C(=O)NN)o1. The van der Waals surface area contributed by atoms with Crippen LogP contribution in [0.4, 0.5) is 0 Å². The Morgan fingerprint density at radius 3 is 3.06 bits per heavy atom. The molecule has 5 heteroatoms. The molecule has 2 rings (SSSR count). The summed E-state index contributed by atoms with van der Waals surface area (Å²) in [6, 6.07) is 4.13. The number of hydrogen-bond donors (Lipinski definition) is 2. The summed E-state index contributed by atoms with van der Waals surface area (Å²) >= 11 is 0. The summed E-state index contributed by atoms with van der Waals surface area (Å²) in [4.78, 5) is 13.7. The Labute approximate surface area is 107 Å². The molecule has 0 aromatic carbocycles. The minimum atomic E-state index is -0.386. The fourth-order valence-corrected chi connectivity index (χ4v) is 2.66. The third-order valence-electron chi connectivity index (χ3n) is 3.56. The number of amides is 1. The quantitative estimate of drug-likeness (QED) is 0.483. The summed E-state index contributed by atoms with van der Waals surface area (Å²) in [5.41, 5.74) is 2.07. The average Bonchev–Trinajstić information content (AvgIpc) is 2.97. The second kappa shape index (κ2) is 5.54. The van der Waals surface area contributed by atoms with Crippen LogP contribution in [0.5, 0.6) is 0 Å². The molecule has 1 aromatic rings. The number of rotatable bonds is 4. The smallest absolute Gasteiger partial charge is 0.300 e. The molecule has 0 radical (unpaired) electrons. The van der Waals surface area contributed by atoms with Crippen molar-refractivity contribution >= 4 is 5.91 Å². The molecule has 1 unspecified atom stereocenters. The van der Waals surface area contributed by atoms with Crippen LogP contribution in [0.3, 0.4) is 0 Å². The topological polar surface area (TPSA) is 71.5 Å². The van der Waals surface area contributed by atoms with Crippen molar-refractivity contribution in [1.82, 2.24) is 10.3 Å². The summed E-state index contributed by atoms with van der Waals surface area (Å²) in [6.07, 6.45) is 2.48. The van der Waals surface area contributed by atoms with E-state index < -0.39 is 0 Å². The van der Waals surface area contributed by atoms with Crippen molar-refractivity contribution in [1.29, 1.82) is 0 Å². The molecule has 1 saturated heterocycles. The molecule has 0 bridgehead atoms. The highest BCUT2D eigenvalue weighted by Crippen LogP contribution is 2.25. The Morgan fingerprint density at radius 1 is 1.61 bits per heavy atom. The molecule has 0 aliphatic carbocycles. The predicted octanol–water partition coefficient (Wildman–Crippen LogP) is 1.50. The Morgan fingerprint density at radius 2 is 2.39 bits per heavy atom. The average molecular weight is 251 g/mol. The lowest BCUT2D eigenvalue weighted by molar-refractivity contribution is 0.0920. The van der Waals surface area contributed by atoms with Crippen LogP contribution in [-0.4, -0.2) is 23.4 Å². The number of likely N-dealkylation sites (tertiary alicyclic amines) is 1. The second-order valence-corrected chi connectivity index (χ2v) is 5.16. The van der Waals surface area contributed by atoms with Gasteiger partial charge in [0.25, 0.3) is 0 Å². The van der Waals surface area contributed by atoms with Crippen LogP contribution in [0.15, 0.2) is 16.5 Å². The van der Waals surface area contributed by atoms with Crippen LogP contribution in [0, 0.1) is 5.92 Å². The third-order valence-corrected chi connectivity index (χ3v) is 3.56. The number of furan rings is 1. The van der Waals surface area contributed by atoms with Gasteiger partial charge in [-0.05, 0) is 37.4 Å². The number of hydrogen-bond acceptors (Lipinski definition) is 4. The Kier molecular flexibility index (Phi) is 4.04. The number of nitrogens with two attached hydrogens (primary N) is 1. The molecule has 1 aromatic heterocycles. The van der Waals surface area contributed by atoms with Crippen LogP contribution in [0.1, 0.15) is 43.0 Å². The monoisotopic (exact) mass is 251 g/mol. The molecule has 1 fully saturated rings. The molecular formula is C13H21N3O2. The molecule has 18 heavy (non-hydrogen) atoms. The minimum Gasteiger partial charge on any atom is -0.455 e. The molecule has 1 amide bonds. The zero-order valence-electron chi connectivity index (χ0n) is 11.0. The summed E-state index contributed by atoms with van der Waals surface area (Å²) in [6.45, 7) is 6.36. The summed E-state index contributed by atoms with van der Waals surface area (Å²) in [5.74, 6) is 6.42. The van der Waals surface area contributed by atoms with E-state index in [0.29, 0.717) is 12.0 Å². The Hall–Kier alpha value is -1.33. The van der Waals surface area contributed by atoms with Crippen LogP contribution >= 0.6 is 0 Å². The third kappa shape index (κ3) is 2.73. The van der Waals surface area contributed by atoms with Gasteiger partial charge in [0.05, 0.1) is 6.54 Å². The maximum atomic E-state index is 11.3. The molecule has 5 nitrogen and oxygen atoms in total. The van der Waals surface area contributed by atoms with Crippen molar-refractivity contribution in [3.63, 3.8) is 0 Å². The fourth-order valence-electron chi connectivity index (χ4n) is 2.66. The number of nitrogens with zero attached hydrogens (tertiary/aromatic N) is 1. The molecule has 3 N–H and O–H groups in total. The van der Waals surface area contributed by atoms with Gasteiger partial charge in [0.15, 0.2) is 5.76 Å². The number of carbonyl (C=O) groups is 1. The van der Waals surface area contributed by atoms with Crippen molar-refractivity contribution in [2.45, 2.75) is 39.3 Å². The van der Waals surface area contributed by atoms with E-state index in [-0.39, 0.29) is 11.7 Å². The van der Waals surface area contributed by atoms with E-state index in [1.54, 1.807) is 6.07 Å².